The summed E-state index contributed by atoms with van der Waals surface area (Å²) in [6.45, 7) is 2.02. The second-order valence-corrected chi connectivity index (χ2v) is 5.20. The predicted molar refractivity (Wildman–Crippen MR) is 77.1 cm³/mol. The molecule has 0 aliphatic carbocycles. The summed E-state index contributed by atoms with van der Waals surface area (Å²) < 4.78 is 5.06. The lowest BCUT2D eigenvalue weighted by Crippen LogP contribution is -2.17. The number of rotatable bonds is 4. The SMILES string of the molecule is COc1cccc(C(=O)N/N=C\c2ccc(C)s2)c1. The van der Waals surface area contributed by atoms with Crippen molar-refractivity contribution in [2.45, 2.75) is 6.92 Å². The predicted octanol–water partition coefficient (Wildman–Crippen LogP) is 2.83. The Balaban J connectivity index is 1.99. The maximum Gasteiger partial charge on any atom is 0.271 e. The Bertz CT molecular complexity index is 605. The summed E-state index contributed by atoms with van der Waals surface area (Å²) in [7, 11) is 1.56. The van der Waals surface area contributed by atoms with Crippen molar-refractivity contribution in [3.8, 4) is 5.75 Å². The molecule has 0 saturated heterocycles. The molecule has 0 spiro atoms. The second-order valence-electron chi connectivity index (χ2n) is 3.88. The lowest BCUT2D eigenvalue weighted by Gasteiger charge is -2.02. The fraction of sp³-hybridized carbons (Fsp3) is 0.143. The molecule has 1 aromatic carbocycles. The van der Waals surface area contributed by atoms with Crippen LogP contribution in [0.4, 0.5) is 0 Å². The van der Waals surface area contributed by atoms with E-state index >= 15 is 0 Å². The Morgan fingerprint density at radius 2 is 2.21 bits per heavy atom. The number of amides is 1. The van der Waals surface area contributed by atoms with Gasteiger partial charge in [-0.2, -0.15) is 5.10 Å². The molecule has 0 radical (unpaired) electrons. The number of hydrazone groups is 1. The molecular formula is C14H14N2O2S. The molecule has 4 nitrogen and oxygen atoms in total. The van der Waals surface area contributed by atoms with Gasteiger partial charge in [0.15, 0.2) is 0 Å². The first-order valence-corrected chi connectivity index (χ1v) is 6.54. The van der Waals surface area contributed by atoms with Crippen LogP contribution in [0.1, 0.15) is 20.1 Å². The van der Waals surface area contributed by atoms with Crippen molar-refractivity contribution in [2.75, 3.05) is 7.11 Å². The van der Waals surface area contributed by atoms with E-state index in [2.05, 4.69) is 10.5 Å². The summed E-state index contributed by atoms with van der Waals surface area (Å²) in [4.78, 5) is 14.0. The van der Waals surface area contributed by atoms with Crippen LogP contribution in [0.25, 0.3) is 0 Å². The number of nitrogens with zero attached hydrogens (tertiary/aromatic N) is 1. The number of thiophene rings is 1. The first kappa shape index (κ1) is 13.3. The highest BCUT2D eigenvalue weighted by Gasteiger charge is 2.04. The molecule has 98 valence electrons. The summed E-state index contributed by atoms with van der Waals surface area (Å²) in [5.41, 5.74) is 3.00. The Labute approximate surface area is 115 Å². The molecule has 2 rings (SSSR count). The fourth-order valence-corrected chi connectivity index (χ4v) is 2.26. The van der Waals surface area contributed by atoms with E-state index in [0.717, 1.165) is 4.88 Å². The molecule has 19 heavy (non-hydrogen) atoms. The van der Waals surface area contributed by atoms with Crippen molar-refractivity contribution in [3.05, 3.63) is 51.7 Å². The number of methoxy groups -OCH3 is 1. The van der Waals surface area contributed by atoms with Crippen LogP contribution in [0.3, 0.4) is 0 Å². The van der Waals surface area contributed by atoms with E-state index in [4.69, 9.17) is 4.74 Å². The molecule has 0 aliphatic heterocycles. The third-order valence-corrected chi connectivity index (χ3v) is 3.39. The molecule has 0 saturated carbocycles. The van der Waals surface area contributed by atoms with Gasteiger partial charge in [0.2, 0.25) is 0 Å². The van der Waals surface area contributed by atoms with E-state index in [-0.39, 0.29) is 5.91 Å². The highest BCUT2D eigenvalue weighted by atomic mass is 32.1. The van der Waals surface area contributed by atoms with Crippen molar-refractivity contribution in [1.82, 2.24) is 5.43 Å². The maximum absolute atomic E-state index is 11.8. The smallest absolute Gasteiger partial charge is 0.271 e. The van der Waals surface area contributed by atoms with Gasteiger partial charge in [0.25, 0.3) is 5.91 Å². The standard InChI is InChI=1S/C14H14N2O2S/c1-10-6-7-13(19-10)9-15-16-14(17)11-4-3-5-12(8-11)18-2/h3-9H,1-2H3,(H,16,17)/b15-9-. The van der Waals surface area contributed by atoms with Gasteiger partial charge in [-0.3, -0.25) is 4.79 Å². The van der Waals surface area contributed by atoms with Crippen LogP contribution in [0, 0.1) is 6.92 Å². The second kappa shape index (κ2) is 6.15. The number of carbonyl (C=O) groups is 1. The number of hydrogen-bond donors (Lipinski definition) is 1. The van der Waals surface area contributed by atoms with E-state index in [1.54, 1.807) is 48.9 Å². The molecule has 5 heteroatoms. The molecular weight excluding hydrogens is 260 g/mol. The number of benzene rings is 1. The number of aryl methyl sites for hydroxylation is 1. The van der Waals surface area contributed by atoms with Crippen LogP contribution in [-0.4, -0.2) is 19.2 Å². The van der Waals surface area contributed by atoms with E-state index in [0.29, 0.717) is 11.3 Å². The molecule has 1 heterocycles. The average molecular weight is 274 g/mol. The molecule has 1 amide bonds. The van der Waals surface area contributed by atoms with Crippen LogP contribution in [0.5, 0.6) is 5.75 Å². The van der Waals surface area contributed by atoms with E-state index in [1.165, 1.54) is 4.88 Å². The van der Waals surface area contributed by atoms with Crippen LogP contribution >= 0.6 is 11.3 Å². The highest BCUT2D eigenvalue weighted by molar-refractivity contribution is 7.13. The van der Waals surface area contributed by atoms with Gasteiger partial charge in [-0.15, -0.1) is 11.3 Å². The van der Waals surface area contributed by atoms with Gasteiger partial charge in [0, 0.05) is 15.3 Å². The monoisotopic (exact) mass is 274 g/mol. The molecule has 1 N–H and O–H groups in total. The van der Waals surface area contributed by atoms with Gasteiger partial charge in [0.05, 0.1) is 13.3 Å². The minimum atomic E-state index is -0.261. The average Bonchev–Trinajstić information content (AvgIpc) is 2.84. The van der Waals surface area contributed by atoms with Gasteiger partial charge in [-0.1, -0.05) is 6.07 Å². The summed E-state index contributed by atoms with van der Waals surface area (Å²) >= 11 is 1.62. The lowest BCUT2D eigenvalue weighted by atomic mass is 10.2. The minimum Gasteiger partial charge on any atom is -0.497 e. The normalized spacial score (nSPS) is 10.6. The third-order valence-electron chi connectivity index (χ3n) is 2.45. The fourth-order valence-electron chi connectivity index (χ4n) is 1.51. The van der Waals surface area contributed by atoms with E-state index < -0.39 is 0 Å². The zero-order chi connectivity index (χ0) is 13.7. The molecule has 1 aromatic heterocycles. The van der Waals surface area contributed by atoms with Crippen molar-refractivity contribution in [3.63, 3.8) is 0 Å². The Morgan fingerprint density at radius 3 is 2.89 bits per heavy atom. The summed E-state index contributed by atoms with van der Waals surface area (Å²) in [6, 6.07) is 10.9. The van der Waals surface area contributed by atoms with Gasteiger partial charge >= 0.3 is 0 Å². The number of nitrogens with one attached hydrogen (secondary N) is 1. The number of ether oxygens (including phenoxy) is 1. The van der Waals surface area contributed by atoms with Gasteiger partial charge in [0.1, 0.15) is 5.75 Å². The van der Waals surface area contributed by atoms with Crippen LogP contribution < -0.4 is 10.2 Å². The molecule has 0 aliphatic rings. The first-order chi connectivity index (χ1) is 9.19. The molecule has 0 atom stereocenters. The quantitative estimate of drug-likeness (QED) is 0.688. The van der Waals surface area contributed by atoms with Gasteiger partial charge in [-0.25, -0.2) is 5.43 Å². The topological polar surface area (TPSA) is 50.7 Å². The van der Waals surface area contributed by atoms with Crippen molar-refractivity contribution in [1.29, 1.82) is 0 Å². The largest absolute Gasteiger partial charge is 0.497 e. The zero-order valence-electron chi connectivity index (χ0n) is 10.7. The molecule has 0 unspecified atom stereocenters. The lowest BCUT2D eigenvalue weighted by molar-refractivity contribution is 0.0955. The number of hydrogen-bond acceptors (Lipinski definition) is 4. The molecule has 0 bridgehead atoms. The van der Waals surface area contributed by atoms with Crippen LogP contribution in [-0.2, 0) is 0 Å². The third kappa shape index (κ3) is 3.66. The molecule has 0 fully saturated rings. The Hall–Kier alpha value is -2.14. The van der Waals surface area contributed by atoms with Crippen LogP contribution in [0.15, 0.2) is 41.5 Å². The van der Waals surface area contributed by atoms with Gasteiger partial charge < -0.3 is 4.74 Å². The zero-order valence-corrected chi connectivity index (χ0v) is 11.5. The van der Waals surface area contributed by atoms with E-state index in [1.807, 2.05) is 19.1 Å². The minimum absolute atomic E-state index is 0.261. The summed E-state index contributed by atoms with van der Waals surface area (Å²) in [5.74, 6) is 0.383. The van der Waals surface area contributed by atoms with Crippen molar-refractivity contribution >= 4 is 23.5 Å². The number of carbonyl (C=O) groups excluding carboxylic acids is 1. The van der Waals surface area contributed by atoms with Gasteiger partial charge in [-0.05, 0) is 37.3 Å². The first-order valence-electron chi connectivity index (χ1n) is 5.73. The van der Waals surface area contributed by atoms with E-state index in [9.17, 15) is 4.79 Å². The highest BCUT2D eigenvalue weighted by Crippen LogP contribution is 2.13. The van der Waals surface area contributed by atoms with Crippen molar-refractivity contribution < 1.29 is 9.53 Å². The summed E-state index contributed by atoms with van der Waals surface area (Å²) in [5, 5.41) is 3.93. The summed E-state index contributed by atoms with van der Waals surface area (Å²) in [6.07, 6.45) is 1.63. The molecule has 2 aromatic rings. The van der Waals surface area contributed by atoms with Crippen LogP contribution in [0.2, 0.25) is 0 Å². The maximum atomic E-state index is 11.8. The Kier molecular flexibility index (Phi) is 4.30. The Morgan fingerprint density at radius 1 is 1.37 bits per heavy atom. The van der Waals surface area contributed by atoms with Crippen molar-refractivity contribution in [2.24, 2.45) is 5.10 Å².